The van der Waals surface area contributed by atoms with Crippen LogP contribution in [0.5, 0.6) is 0 Å². The predicted molar refractivity (Wildman–Crippen MR) is 126 cm³/mol. The number of carboxylic acids is 1. The zero-order valence-corrected chi connectivity index (χ0v) is 20.2. The lowest BCUT2D eigenvalue weighted by atomic mass is 10.0. The van der Waals surface area contributed by atoms with Crippen molar-refractivity contribution in [3.05, 3.63) is 0 Å². The molecule has 0 aliphatic heterocycles. The highest BCUT2D eigenvalue weighted by Crippen LogP contribution is 2.08. The molecular formula is C21H39N7O7. The fourth-order valence-corrected chi connectivity index (χ4v) is 3.12. The maximum absolute atomic E-state index is 12.9. The number of hydrogen-bond acceptors (Lipinski definition) is 8. The van der Waals surface area contributed by atoms with Gasteiger partial charge in [0, 0.05) is 6.42 Å². The van der Waals surface area contributed by atoms with E-state index >= 15 is 0 Å². The molecule has 0 aliphatic carbocycles. The van der Waals surface area contributed by atoms with Gasteiger partial charge in [-0.1, -0.05) is 20.3 Å². The molecule has 5 amide bonds. The summed E-state index contributed by atoms with van der Waals surface area (Å²) in [5, 5.41) is 16.4. The maximum atomic E-state index is 12.9. The molecule has 35 heavy (non-hydrogen) atoms. The first-order valence-electron chi connectivity index (χ1n) is 11.4. The molecule has 0 aromatic rings. The minimum absolute atomic E-state index is 0.0341. The number of primary amides is 2. The number of carboxylic acid groups (broad SMARTS) is 1. The van der Waals surface area contributed by atoms with Gasteiger partial charge in [-0.2, -0.15) is 0 Å². The van der Waals surface area contributed by atoms with Crippen LogP contribution in [0.25, 0.3) is 0 Å². The monoisotopic (exact) mass is 501 g/mol. The molecule has 12 N–H and O–H groups in total. The summed E-state index contributed by atoms with van der Waals surface area (Å²) < 4.78 is 0. The molecule has 0 spiro atoms. The normalized spacial score (nSPS) is 14.3. The van der Waals surface area contributed by atoms with Crippen molar-refractivity contribution in [1.82, 2.24) is 16.0 Å². The fraction of sp³-hybridized carbons (Fsp3) is 0.714. The number of carbonyl (C=O) groups is 6. The van der Waals surface area contributed by atoms with E-state index in [0.717, 1.165) is 0 Å². The Morgan fingerprint density at radius 1 is 0.771 bits per heavy atom. The van der Waals surface area contributed by atoms with Crippen LogP contribution in [0.15, 0.2) is 0 Å². The Labute approximate surface area is 204 Å². The van der Waals surface area contributed by atoms with Gasteiger partial charge in [-0.25, -0.2) is 4.79 Å². The standard InChI is InChI=1S/C21H39N7O7/c1-11(2)9-14(27-18(31)12(23)5-3-4-8-22)19(32)28-15(10-17(25)30)20(33)26-13(21(34)35)6-7-16(24)29/h11-15H,3-10,22-23H2,1-2H3,(H2,24,29)(H2,25,30)(H,26,33)(H,27,31)(H,28,32)(H,34,35). The average Bonchev–Trinajstić information content (AvgIpc) is 2.74. The number of nitrogens with two attached hydrogens (primary N) is 4. The fourth-order valence-electron chi connectivity index (χ4n) is 3.12. The minimum Gasteiger partial charge on any atom is -0.480 e. The number of aliphatic carboxylic acids is 1. The average molecular weight is 502 g/mol. The van der Waals surface area contributed by atoms with E-state index in [2.05, 4.69) is 16.0 Å². The van der Waals surface area contributed by atoms with Crippen molar-refractivity contribution in [3.63, 3.8) is 0 Å². The number of amides is 5. The van der Waals surface area contributed by atoms with Gasteiger partial charge in [0.1, 0.15) is 18.1 Å². The number of nitrogens with one attached hydrogen (secondary N) is 3. The molecule has 0 aliphatic rings. The second-order valence-corrected chi connectivity index (χ2v) is 8.72. The molecule has 0 heterocycles. The smallest absolute Gasteiger partial charge is 0.326 e. The van der Waals surface area contributed by atoms with Gasteiger partial charge in [-0.05, 0) is 38.1 Å². The van der Waals surface area contributed by atoms with Crippen LogP contribution in [0.3, 0.4) is 0 Å². The van der Waals surface area contributed by atoms with Gasteiger partial charge >= 0.3 is 5.97 Å². The summed E-state index contributed by atoms with van der Waals surface area (Å²) in [6.45, 7) is 4.09. The van der Waals surface area contributed by atoms with Crippen LogP contribution in [0, 0.1) is 5.92 Å². The molecule has 14 heteroatoms. The molecule has 0 aromatic carbocycles. The summed E-state index contributed by atoms with van der Waals surface area (Å²) in [7, 11) is 0. The van der Waals surface area contributed by atoms with Crippen molar-refractivity contribution < 1.29 is 33.9 Å². The highest BCUT2D eigenvalue weighted by atomic mass is 16.4. The van der Waals surface area contributed by atoms with Crippen molar-refractivity contribution in [2.45, 2.75) is 83.0 Å². The predicted octanol–water partition coefficient (Wildman–Crippen LogP) is -2.83. The number of carbonyl (C=O) groups excluding carboxylic acids is 5. The van der Waals surface area contributed by atoms with E-state index < -0.39 is 66.1 Å². The van der Waals surface area contributed by atoms with Crippen LogP contribution < -0.4 is 38.9 Å². The van der Waals surface area contributed by atoms with Gasteiger partial charge in [0.25, 0.3) is 0 Å². The van der Waals surface area contributed by atoms with E-state index in [-0.39, 0.29) is 25.2 Å². The Bertz CT molecular complexity index is 760. The SMILES string of the molecule is CC(C)CC(NC(=O)C(N)CCCCN)C(=O)NC(CC(N)=O)C(=O)NC(CCC(N)=O)C(=O)O. The zero-order valence-electron chi connectivity index (χ0n) is 20.2. The van der Waals surface area contributed by atoms with Crippen LogP contribution in [0.4, 0.5) is 0 Å². The molecule has 14 nitrogen and oxygen atoms in total. The Kier molecular flexibility index (Phi) is 14.9. The summed E-state index contributed by atoms with van der Waals surface area (Å²) in [6, 6.07) is -4.94. The van der Waals surface area contributed by atoms with E-state index in [1.807, 2.05) is 13.8 Å². The number of rotatable bonds is 18. The number of unbranched alkanes of at least 4 members (excludes halogenated alkanes) is 1. The van der Waals surface area contributed by atoms with Gasteiger partial charge in [0.15, 0.2) is 0 Å². The topological polar surface area (TPSA) is 263 Å². The largest absolute Gasteiger partial charge is 0.480 e. The van der Waals surface area contributed by atoms with Crippen LogP contribution in [-0.2, 0) is 28.8 Å². The summed E-state index contributed by atoms with van der Waals surface area (Å²) in [4.78, 5) is 71.9. The highest BCUT2D eigenvalue weighted by Gasteiger charge is 2.31. The first kappa shape index (κ1) is 31.7. The van der Waals surface area contributed by atoms with Gasteiger partial charge in [0.05, 0.1) is 12.5 Å². The molecule has 0 saturated carbocycles. The lowest BCUT2D eigenvalue weighted by Crippen LogP contribution is -2.58. The van der Waals surface area contributed by atoms with Crippen LogP contribution in [0.1, 0.15) is 58.8 Å². The summed E-state index contributed by atoms with van der Waals surface area (Å²) in [5.74, 6) is -5.49. The first-order valence-corrected chi connectivity index (χ1v) is 11.4. The van der Waals surface area contributed by atoms with Crippen LogP contribution in [0.2, 0.25) is 0 Å². The minimum atomic E-state index is -1.51. The van der Waals surface area contributed by atoms with E-state index in [4.69, 9.17) is 22.9 Å². The van der Waals surface area contributed by atoms with Crippen molar-refractivity contribution in [1.29, 1.82) is 0 Å². The van der Waals surface area contributed by atoms with Crippen LogP contribution >= 0.6 is 0 Å². The lowest BCUT2D eigenvalue weighted by Gasteiger charge is -2.25. The second kappa shape index (κ2) is 16.4. The molecular weight excluding hydrogens is 462 g/mol. The Balaban J connectivity index is 5.46. The van der Waals surface area contributed by atoms with Crippen molar-refractivity contribution in [3.8, 4) is 0 Å². The summed E-state index contributed by atoms with van der Waals surface area (Å²) in [6.07, 6.45) is 0.674. The molecule has 4 atom stereocenters. The molecule has 0 aromatic heterocycles. The van der Waals surface area contributed by atoms with Crippen molar-refractivity contribution in [2.75, 3.05) is 6.54 Å². The third-order valence-electron chi connectivity index (χ3n) is 4.98. The van der Waals surface area contributed by atoms with Gasteiger partial charge in [0.2, 0.25) is 29.5 Å². The molecule has 4 unspecified atom stereocenters. The quantitative estimate of drug-likeness (QED) is 0.0898. The summed E-state index contributed by atoms with van der Waals surface area (Å²) >= 11 is 0. The van der Waals surface area contributed by atoms with Crippen LogP contribution in [-0.4, -0.2) is 71.3 Å². The third kappa shape index (κ3) is 13.9. The number of hydrogen-bond donors (Lipinski definition) is 8. The molecule has 0 rings (SSSR count). The van der Waals surface area contributed by atoms with E-state index in [1.54, 1.807) is 0 Å². The third-order valence-corrected chi connectivity index (χ3v) is 4.98. The van der Waals surface area contributed by atoms with E-state index in [9.17, 15) is 33.9 Å². The molecule has 0 saturated heterocycles. The van der Waals surface area contributed by atoms with Crippen molar-refractivity contribution >= 4 is 35.5 Å². The van der Waals surface area contributed by atoms with E-state index in [0.29, 0.717) is 25.8 Å². The maximum Gasteiger partial charge on any atom is 0.326 e. The second-order valence-electron chi connectivity index (χ2n) is 8.72. The van der Waals surface area contributed by atoms with Crippen molar-refractivity contribution in [2.24, 2.45) is 28.9 Å². The van der Waals surface area contributed by atoms with Gasteiger partial charge in [-0.15, -0.1) is 0 Å². The highest BCUT2D eigenvalue weighted by molar-refractivity contribution is 5.96. The lowest BCUT2D eigenvalue weighted by molar-refractivity contribution is -0.142. The Morgan fingerprint density at radius 2 is 1.31 bits per heavy atom. The Morgan fingerprint density at radius 3 is 1.80 bits per heavy atom. The molecule has 200 valence electrons. The zero-order chi connectivity index (χ0) is 27.1. The Hall–Kier alpha value is -3.26. The first-order chi connectivity index (χ1) is 16.3. The van der Waals surface area contributed by atoms with Gasteiger partial charge < -0.3 is 44.0 Å². The summed E-state index contributed by atoms with van der Waals surface area (Å²) in [5.41, 5.74) is 21.5. The molecule has 0 radical (unpaired) electrons. The van der Waals surface area contributed by atoms with Gasteiger partial charge in [-0.3, -0.25) is 24.0 Å². The molecule has 0 fully saturated rings. The van der Waals surface area contributed by atoms with E-state index in [1.165, 1.54) is 0 Å². The molecule has 0 bridgehead atoms.